The number of nitrogens with zero attached hydrogens (tertiary/aromatic N) is 1. The number of rotatable bonds is 5. The van der Waals surface area contributed by atoms with E-state index in [-0.39, 0.29) is 0 Å². The van der Waals surface area contributed by atoms with Crippen LogP contribution in [0.15, 0.2) is 24.3 Å². The quantitative estimate of drug-likeness (QED) is 0.749. The van der Waals surface area contributed by atoms with E-state index in [1.807, 2.05) is 24.3 Å². The third kappa shape index (κ3) is 3.33. The zero-order chi connectivity index (χ0) is 12.8. The van der Waals surface area contributed by atoms with E-state index < -0.39 is 0 Å². The van der Waals surface area contributed by atoms with Crippen molar-refractivity contribution in [3.05, 3.63) is 29.8 Å². The van der Waals surface area contributed by atoms with E-state index in [9.17, 15) is 4.79 Å². The number of piperidine rings is 1. The van der Waals surface area contributed by atoms with E-state index in [4.69, 9.17) is 4.74 Å². The monoisotopic (exact) mass is 247 g/mol. The van der Waals surface area contributed by atoms with E-state index >= 15 is 0 Å². The predicted octanol–water partition coefficient (Wildman–Crippen LogP) is 2.75. The summed E-state index contributed by atoms with van der Waals surface area (Å²) in [6, 6.07) is 7.86. The fraction of sp³-hybridized carbons (Fsp3) is 0.533. The molecule has 18 heavy (non-hydrogen) atoms. The molecule has 0 saturated carbocycles. The fourth-order valence-corrected chi connectivity index (χ4v) is 2.53. The van der Waals surface area contributed by atoms with Crippen molar-refractivity contribution < 1.29 is 9.53 Å². The van der Waals surface area contributed by atoms with Crippen molar-refractivity contribution >= 4 is 12.0 Å². The van der Waals surface area contributed by atoms with Gasteiger partial charge in [-0.1, -0.05) is 0 Å². The number of methoxy groups -OCH3 is 1. The highest BCUT2D eigenvalue weighted by molar-refractivity contribution is 5.75. The van der Waals surface area contributed by atoms with Crippen LogP contribution in [0.2, 0.25) is 0 Å². The minimum absolute atomic E-state index is 0.744. The molecule has 0 spiro atoms. The summed E-state index contributed by atoms with van der Waals surface area (Å²) in [7, 11) is 1.77. The van der Waals surface area contributed by atoms with Crippen LogP contribution in [0, 0.1) is 5.92 Å². The summed E-state index contributed by atoms with van der Waals surface area (Å²) < 4.78 is 5.13. The third-order valence-corrected chi connectivity index (χ3v) is 3.74. The molecular formula is C15H21NO2. The molecule has 0 N–H and O–H groups in total. The number of hydrogen-bond donors (Lipinski definition) is 0. The van der Waals surface area contributed by atoms with Crippen LogP contribution in [0.5, 0.6) is 0 Å². The molecular weight excluding hydrogens is 226 g/mol. The van der Waals surface area contributed by atoms with E-state index in [0.29, 0.717) is 0 Å². The molecule has 1 aromatic rings. The van der Waals surface area contributed by atoms with Gasteiger partial charge in [-0.2, -0.15) is 0 Å². The maximum atomic E-state index is 10.6. The number of aldehydes is 1. The molecule has 0 aromatic heterocycles. The lowest BCUT2D eigenvalue weighted by Crippen LogP contribution is -2.33. The molecule has 3 nitrogen and oxygen atoms in total. The SMILES string of the molecule is COCCC1CCN(c2ccc(C=O)cc2)CC1. The first-order valence-electron chi connectivity index (χ1n) is 6.62. The summed E-state index contributed by atoms with van der Waals surface area (Å²) >= 11 is 0. The summed E-state index contributed by atoms with van der Waals surface area (Å²) in [5.74, 6) is 0.801. The largest absolute Gasteiger partial charge is 0.385 e. The topological polar surface area (TPSA) is 29.5 Å². The fourth-order valence-electron chi connectivity index (χ4n) is 2.53. The standard InChI is InChI=1S/C15H21NO2/c1-18-11-8-13-6-9-16(10-7-13)15-4-2-14(12-17)3-5-15/h2-5,12-13H,6-11H2,1H3. The molecule has 0 amide bonds. The van der Waals surface area contributed by atoms with Gasteiger partial charge in [0, 0.05) is 38.1 Å². The van der Waals surface area contributed by atoms with Gasteiger partial charge in [0.25, 0.3) is 0 Å². The Morgan fingerprint density at radius 1 is 1.28 bits per heavy atom. The smallest absolute Gasteiger partial charge is 0.150 e. The lowest BCUT2D eigenvalue weighted by molar-refractivity contribution is 0.112. The molecule has 1 aliphatic heterocycles. The second kappa shape index (κ2) is 6.55. The number of ether oxygens (including phenoxy) is 1. The molecule has 1 fully saturated rings. The van der Waals surface area contributed by atoms with Crippen molar-refractivity contribution in [3.8, 4) is 0 Å². The Bertz CT molecular complexity index is 367. The Morgan fingerprint density at radius 2 is 1.94 bits per heavy atom. The Balaban J connectivity index is 1.86. The average molecular weight is 247 g/mol. The van der Waals surface area contributed by atoms with Crippen LogP contribution in [0.1, 0.15) is 29.6 Å². The first-order valence-corrected chi connectivity index (χ1v) is 6.62. The van der Waals surface area contributed by atoms with Gasteiger partial charge in [0.15, 0.2) is 0 Å². The lowest BCUT2D eigenvalue weighted by atomic mass is 9.93. The van der Waals surface area contributed by atoms with Crippen LogP contribution in [-0.2, 0) is 4.74 Å². The Kier molecular flexibility index (Phi) is 4.76. The minimum Gasteiger partial charge on any atom is -0.385 e. The zero-order valence-corrected chi connectivity index (χ0v) is 11.0. The second-order valence-electron chi connectivity index (χ2n) is 4.92. The summed E-state index contributed by atoms with van der Waals surface area (Å²) in [5, 5.41) is 0. The van der Waals surface area contributed by atoms with Crippen LogP contribution >= 0.6 is 0 Å². The molecule has 1 saturated heterocycles. The third-order valence-electron chi connectivity index (χ3n) is 3.74. The van der Waals surface area contributed by atoms with Gasteiger partial charge < -0.3 is 9.64 Å². The second-order valence-corrected chi connectivity index (χ2v) is 4.92. The van der Waals surface area contributed by atoms with Gasteiger partial charge in [-0.25, -0.2) is 0 Å². The van der Waals surface area contributed by atoms with Gasteiger partial charge in [-0.05, 0) is 49.4 Å². The highest BCUT2D eigenvalue weighted by Crippen LogP contribution is 2.25. The summed E-state index contributed by atoms with van der Waals surface area (Å²) in [6.45, 7) is 3.09. The Morgan fingerprint density at radius 3 is 2.50 bits per heavy atom. The highest BCUT2D eigenvalue weighted by Gasteiger charge is 2.18. The van der Waals surface area contributed by atoms with Gasteiger partial charge >= 0.3 is 0 Å². The van der Waals surface area contributed by atoms with Crippen molar-refractivity contribution in [1.82, 2.24) is 0 Å². The average Bonchev–Trinajstić information content (AvgIpc) is 2.46. The van der Waals surface area contributed by atoms with Crippen LogP contribution < -0.4 is 4.90 Å². The number of benzene rings is 1. The van der Waals surface area contributed by atoms with E-state index in [1.165, 1.54) is 24.9 Å². The summed E-state index contributed by atoms with van der Waals surface area (Å²) in [6.07, 6.45) is 4.53. The normalized spacial score (nSPS) is 16.8. The van der Waals surface area contributed by atoms with Gasteiger partial charge in [-0.3, -0.25) is 4.79 Å². The molecule has 98 valence electrons. The van der Waals surface area contributed by atoms with Crippen LogP contribution in [-0.4, -0.2) is 33.1 Å². The van der Waals surface area contributed by atoms with Crippen LogP contribution in [0.25, 0.3) is 0 Å². The first-order chi connectivity index (χ1) is 8.83. The van der Waals surface area contributed by atoms with Crippen molar-refractivity contribution in [2.75, 3.05) is 31.7 Å². The molecule has 1 heterocycles. The van der Waals surface area contributed by atoms with Crippen molar-refractivity contribution in [2.45, 2.75) is 19.3 Å². The minimum atomic E-state index is 0.744. The summed E-state index contributed by atoms with van der Waals surface area (Å²) in [4.78, 5) is 13.0. The summed E-state index contributed by atoms with van der Waals surface area (Å²) in [5.41, 5.74) is 1.97. The number of hydrogen-bond acceptors (Lipinski definition) is 3. The van der Waals surface area contributed by atoms with Crippen LogP contribution in [0.3, 0.4) is 0 Å². The molecule has 0 atom stereocenters. The highest BCUT2D eigenvalue weighted by atomic mass is 16.5. The number of carbonyl (C=O) groups excluding carboxylic acids is 1. The molecule has 2 rings (SSSR count). The van der Waals surface area contributed by atoms with E-state index in [2.05, 4.69) is 4.90 Å². The molecule has 1 aliphatic rings. The van der Waals surface area contributed by atoms with Gasteiger partial charge in [0.2, 0.25) is 0 Å². The van der Waals surface area contributed by atoms with Crippen molar-refractivity contribution in [3.63, 3.8) is 0 Å². The van der Waals surface area contributed by atoms with E-state index in [0.717, 1.165) is 37.5 Å². The van der Waals surface area contributed by atoms with Crippen molar-refractivity contribution in [1.29, 1.82) is 0 Å². The number of carbonyl (C=O) groups is 1. The number of anilines is 1. The van der Waals surface area contributed by atoms with Crippen LogP contribution in [0.4, 0.5) is 5.69 Å². The molecule has 1 aromatic carbocycles. The first kappa shape index (κ1) is 13.1. The molecule has 3 heteroatoms. The van der Waals surface area contributed by atoms with Gasteiger partial charge in [0.05, 0.1) is 0 Å². The van der Waals surface area contributed by atoms with Gasteiger partial charge in [0.1, 0.15) is 6.29 Å². The Hall–Kier alpha value is -1.35. The lowest BCUT2D eigenvalue weighted by Gasteiger charge is -2.33. The van der Waals surface area contributed by atoms with Gasteiger partial charge in [-0.15, -0.1) is 0 Å². The molecule has 0 aliphatic carbocycles. The molecule has 0 unspecified atom stereocenters. The molecule has 0 radical (unpaired) electrons. The predicted molar refractivity (Wildman–Crippen MR) is 73.3 cm³/mol. The van der Waals surface area contributed by atoms with Crippen molar-refractivity contribution in [2.24, 2.45) is 5.92 Å². The molecule has 0 bridgehead atoms. The Labute approximate surface area is 109 Å². The van der Waals surface area contributed by atoms with E-state index in [1.54, 1.807) is 7.11 Å². The zero-order valence-electron chi connectivity index (χ0n) is 11.0. The maximum absolute atomic E-state index is 10.6. The maximum Gasteiger partial charge on any atom is 0.150 e.